The highest BCUT2D eigenvalue weighted by atomic mass is 15.2. The summed E-state index contributed by atoms with van der Waals surface area (Å²) < 4.78 is 0. The molecule has 2 aliphatic heterocycles. The highest BCUT2D eigenvalue weighted by molar-refractivity contribution is 4.99. The predicted molar refractivity (Wildman–Crippen MR) is 74.3 cm³/mol. The lowest BCUT2D eigenvalue weighted by Gasteiger charge is -2.37. The largest absolute Gasteiger partial charge is 0.307 e. The summed E-state index contributed by atoms with van der Waals surface area (Å²) in [5.74, 6) is 0. The minimum Gasteiger partial charge on any atom is -0.307 e. The van der Waals surface area contributed by atoms with Crippen molar-refractivity contribution in [3.8, 4) is 0 Å². The van der Waals surface area contributed by atoms with Gasteiger partial charge in [0.15, 0.2) is 0 Å². The Bertz CT molecular complexity index is 265. The molecule has 0 bridgehead atoms. The molecule has 2 rings (SSSR count). The molecule has 100 valence electrons. The molecule has 0 aromatic carbocycles. The van der Waals surface area contributed by atoms with E-state index in [1.54, 1.807) is 0 Å². The van der Waals surface area contributed by atoms with Crippen molar-refractivity contribution in [2.24, 2.45) is 5.41 Å². The summed E-state index contributed by atoms with van der Waals surface area (Å²) in [6.07, 6.45) is 5.40. The Kier molecular flexibility index (Phi) is 3.57. The third-order valence-corrected chi connectivity index (χ3v) is 4.15. The second-order valence-electron chi connectivity index (χ2n) is 7.91. The molecule has 0 saturated carbocycles. The van der Waals surface area contributed by atoms with E-state index in [4.69, 9.17) is 0 Å². The van der Waals surface area contributed by atoms with E-state index in [9.17, 15) is 0 Å². The van der Waals surface area contributed by atoms with Crippen molar-refractivity contribution in [3.63, 3.8) is 0 Å². The van der Waals surface area contributed by atoms with Gasteiger partial charge in [-0.15, -0.1) is 0 Å². The summed E-state index contributed by atoms with van der Waals surface area (Å²) in [5.41, 5.74) is 0.673. The zero-order valence-electron chi connectivity index (χ0n) is 12.3. The van der Waals surface area contributed by atoms with Gasteiger partial charge >= 0.3 is 0 Å². The fourth-order valence-corrected chi connectivity index (χ4v) is 4.13. The summed E-state index contributed by atoms with van der Waals surface area (Å²) in [5, 5.41) is 3.94. The molecule has 2 nitrogen and oxygen atoms in total. The molecular weight excluding hydrogens is 208 g/mol. The number of hydrogen-bond donors (Lipinski definition) is 1. The number of hydrogen-bond acceptors (Lipinski definition) is 2. The Morgan fingerprint density at radius 3 is 2.41 bits per heavy atom. The van der Waals surface area contributed by atoms with Gasteiger partial charge in [-0.05, 0) is 51.5 Å². The lowest BCUT2D eigenvalue weighted by Crippen LogP contribution is -2.51. The third-order valence-electron chi connectivity index (χ3n) is 4.15. The predicted octanol–water partition coefficient (Wildman–Crippen LogP) is 3.03. The zero-order valence-corrected chi connectivity index (χ0v) is 12.3. The van der Waals surface area contributed by atoms with Crippen LogP contribution in [0.3, 0.4) is 0 Å². The summed E-state index contributed by atoms with van der Waals surface area (Å²) in [6.45, 7) is 14.4. The maximum absolute atomic E-state index is 3.94. The van der Waals surface area contributed by atoms with Gasteiger partial charge in [-0.3, -0.25) is 4.90 Å². The molecule has 2 atom stereocenters. The highest BCUT2D eigenvalue weighted by Crippen LogP contribution is 2.32. The molecule has 1 N–H and O–H groups in total. The first-order chi connectivity index (χ1) is 7.77. The van der Waals surface area contributed by atoms with Gasteiger partial charge in [-0.1, -0.05) is 20.8 Å². The van der Waals surface area contributed by atoms with Crippen LogP contribution in [-0.4, -0.2) is 35.6 Å². The molecule has 0 radical (unpaired) electrons. The van der Waals surface area contributed by atoms with E-state index in [2.05, 4.69) is 44.8 Å². The molecule has 2 heterocycles. The smallest absolute Gasteiger partial charge is 0.0250 e. The maximum atomic E-state index is 3.94. The number of nitrogens with zero attached hydrogens (tertiary/aromatic N) is 1. The van der Waals surface area contributed by atoms with Crippen LogP contribution < -0.4 is 5.32 Å². The Morgan fingerprint density at radius 2 is 1.76 bits per heavy atom. The van der Waals surface area contributed by atoms with Gasteiger partial charge in [0.05, 0.1) is 0 Å². The van der Waals surface area contributed by atoms with Crippen LogP contribution in [0.5, 0.6) is 0 Å². The molecule has 0 amide bonds. The zero-order chi connectivity index (χ0) is 12.7. The first-order valence-corrected chi connectivity index (χ1v) is 7.29. The van der Waals surface area contributed by atoms with E-state index in [1.165, 1.54) is 38.8 Å². The molecule has 0 aliphatic carbocycles. The van der Waals surface area contributed by atoms with Crippen LogP contribution in [0, 0.1) is 5.41 Å². The van der Waals surface area contributed by atoms with E-state index in [0.29, 0.717) is 5.41 Å². The second-order valence-corrected chi connectivity index (χ2v) is 7.91. The van der Waals surface area contributed by atoms with Crippen molar-refractivity contribution in [1.29, 1.82) is 0 Å². The maximum Gasteiger partial charge on any atom is 0.0250 e. The van der Waals surface area contributed by atoms with Crippen LogP contribution in [-0.2, 0) is 0 Å². The number of fused-ring (bicyclic) bond motifs is 1. The van der Waals surface area contributed by atoms with Crippen LogP contribution in [0.15, 0.2) is 0 Å². The van der Waals surface area contributed by atoms with Crippen molar-refractivity contribution in [2.45, 2.75) is 77.9 Å². The fourth-order valence-electron chi connectivity index (χ4n) is 4.13. The summed E-state index contributed by atoms with van der Waals surface area (Å²) in [4.78, 5) is 2.69. The lowest BCUT2D eigenvalue weighted by atomic mass is 9.81. The Morgan fingerprint density at radius 1 is 1.06 bits per heavy atom. The van der Waals surface area contributed by atoms with Gasteiger partial charge in [0.1, 0.15) is 0 Å². The van der Waals surface area contributed by atoms with Crippen molar-refractivity contribution in [2.75, 3.05) is 13.1 Å². The fraction of sp³-hybridized carbons (Fsp3) is 1.00. The van der Waals surface area contributed by atoms with Gasteiger partial charge < -0.3 is 5.32 Å². The standard InChI is InChI=1S/C15H30N2/c1-14(2,3)11-15(4,5)16-12-8-10-17-9-6-7-13(12)17/h12-13,16H,6-11H2,1-5H3. The molecule has 0 aromatic rings. The van der Waals surface area contributed by atoms with Crippen molar-refractivity contribution in [1.82, 2.24) is 10.2 Å². The van der Waals surface area contributed by atoms with E-state index in [-0.39, 0.29) is 5.54 Å². The van der Waals surface area contributed by atoms with E-state index in [1.807, 2.05) is 0 Å². The average molecular weight is 238 g/mol. The van der Waals surface area contributed by atoms with Crippen LogP contribution >= 0.6 is 0 Å². The Balaban J connectivity index is 1.91. The summed E-state index contributed by atoms with van der Waals surface area (Å²) in [7, 11) is 0. The normalized spacial score (nSPS) is 30.9. The number of nitrogens with one attached hydrogen (secondary N) is 1. The van der Waals surface area contributed by atoms with Gasteiger partial charge in [-0.25, -0.2) is 0 Å². The first-order valence-electron chi connectivity index (χ1n) is 7.29. The molecule has 17 heavy (non-hydrogen) atoms. The SMILES string of the molecule is CC(C)(C)CC(C)(C)NC1CCN2CCCC12. The minimum atomic E-state index is 0.265. The quantitative estimate of drug-likeness (QED) is 0.813. The molecule has 0 aromatic heterocycles. The summed E-state index contributed by atoms with van der Waals surface area (Å²) in [6, 6.07) is 1.56. The highest BCUT2D eigenvalue weighted by Gasteiger charge is 2.39. The van der Waals surface area contributed by atoms with Gasteiger partial charge in [0.25, 0.3) is 0 Å². The topological polar surface area (TPSA) is 15.3 Å². The Hall–Kier alpha value is -0.0800. The second kappa shape index (κ2) is 4.55. The lowest BCUT2D eigenvalue weighted by molar-refractivity contribution is 0.204. The van der Waals surface area contributed by atoms with Crippen LogP contribution in [0.4, 0.5) is 0 Å². The van der Waals surface area contributed by atoms with Crippen LogP contribution in [0.2, 0.25) is 0 Å². The van der Waals surface area contributed by atoms with Crippen LogP contribution in [0.1, 0.15) is 60.3 Å². The molecule has 2 fully saturated rings. The molecule has 2 saturated heterocycles. The van der Waals surface area contributed by atoms with Crippen molar-refractivity contribution >= 4 is 0 Å². The van der Waals surface area contributed by atoms with E-state index >= 15 is 0 Å². The van der Waals surface area contributed by atoms with E-state index in [0.717, 1.165) is 12.1 Å². The molecule has 2 aliphatic rings. The molecule has 0 spiro atoms. The monoisotopic (exact) mass is 238 g/mol. The molecule has 2 heteroatoms. The first kappa shape index (κ1) is 13.4. The van der Waals surface area contributed by atoms with Gasteiger partial charge in [0.2, 0.25) is 0 Å². The van der Waals surface area contributed by atoms with Gasteiger partial charge in [-0.2, -0.15) is 0 Å². The minimum absolute atomic E-state index is 0.265. The molecular formula is C15H30N2. The van der Waals surface area contributed by atoms with Gasteiger partial charge in [0, 0.05) is 24.2 Å². The van der Waals surface area contributed by atoms with Crippen molar-refractivity contribution in [3.05, 3.63) is 0 Å². The average Bonchev–Trinajstić information content (AvgIpc) is 2.64. The third kappa shape index (κ3) is 3.45. The Labute approximate surface area is 107 Å². The summed E-state index contributed by atoms with van der Waals surface area (Å²) >= 11 is 0. The van der Waals surface area contributed by atoms with E-state index < -0.39 is 0 Å². The molecule has 2 unspecified atom stereocenters. The van der Waals surface area contributed by atoms with Crippen molar-refractivity contribution < 1.29 is 0 Å². The van der Waals surface area contributed by atoms with Crippen LogP contribution in [0.25, 0.3) is 0 Å². The number of rotatable bonds is 3.